The number of carbonyl (C=O) groups is 1. The van der Waals surface area contributed by atoms with Gasteiger partial charge in [0.15, 0.2) is 0 Å². The van der Waals surface area contributed by atoms with E-state index in [1.165, 1.54) is 17.0 Å². The Morgan fingerprint density at radius 2 is 2.07 bits per heavy atom. The summed E-state index contributed by atoms with van der Waals surface area (Å²) in [5.74, 6) is 1.35. The van der Waals surface area contributed by atoms with Crippen molar-refractivity contribution >= 4 is 5.91 Å². The molecule has 3 atom stereocenters. The molecule has 5 rings (SSSR count). The topological polar surface area (TPSA) is 53.4 Å². The number of aryl methyl sites for hydroxylation is 1. The van der Waals surface area contributed by atoms with Crippen LogP contribution in [0, 0.1) is 11.8 Å². The number of carbonyl (C=O) groups excluding carboxylic acids is 1. The van der Waals surface area contributed by atoms with Gasteiger partial charge < -0.3 is 10.2 Å². The number of nitrogens with zero attached hydrogens (tertiary/aromatic N) is 4. The lowest BCUT2D eigenvalue weighted by Crippen LogP contribution is -2.35. The van der Waals surface area contributed by atoms with Gasteiger partial charge in [0.2, 0.25) is 5.91 Å². The van der Waals surface area contributed by atoms with Crippen molar-refractivity contribution in [3.63, 3.8) is 0 Å². The molecule has 2 aromatic rings. The van der Waals surface area contributed by atoms with Crippen molar-refractivity contribution < 1.29 is 4.79 Å². The van der Waals surface area contributed by atoms with Gasteiger partial charge >= 0.3 is 0 Å². The molecule has 3 aliphatic heterocycles. The van der Waals surface area contributed by atoms with Gasteiger partial charge in [-0.2, -0.15) is 5.10 Å². The van der Waals surface area contributed by atoms with Crippen molar-refractivity contribution in [2.45, 2.75) is 45.4 Å². The van der Waals surface area contributed by atoms with E-state index >= 15 is 0 Å². The molecule has 2 saturated heterocycles. The minimum atomic E-state index is 0.210. The van der Waals surface area contributed by atoms with Gasteiger partial charge in [0, 0.05) is 51.6 Å². The number of nitrogens with one attached hydrogen (secondary N) is 1. The number of hydrogen-bond acceptors (Lipinski definition) is 4. The molecule has 1 aromatic heterocycles. The second kappa shape index (κ2) is 7.92. The van der Waals surface area contributed by atoms with Gasteiger partial charge in [0.25, 0.3) is 0 Å². The predicted octanol–water partition coefficient (Wildman–Crippen LogP) is 2.42. The van der Waals surface area contributed by atoms with E-state index in [9.17, 15) is 4.79 Å². The SMILES string of the molecule is CCC(=O)N1C[C@@H]2CN(Cc3cc4n(n3)CCCNC4)C[C@@H]2[C@H]1c1ccccc1. The fourth-order valence-electron chi connectivity index (χ4n) is 5.53. The third kappa shape index (κ3) is 3.60. The Morgan fingerprint density at radius 3 is 2.90 bits per heavy atom. The molecule has 4 heterocycles. The predicted molar refractivity (Wildman–Crippen MR) is 112 cm³/mol. The molecule has 1 aromatic carbocycles. The molecular weight excluding hydrogens is 362 g/mol. The third-order valence-electron chi connectivity index (χ3n) is 6.83. The van der Waals surface area contributed by atoms with Crippen LogP contribution in [-0.4, -0.2) is 51.7 Å². The van der Waals surface area contributed by atoms with Crippen LogP contribution >= 0.6 is 0 Å². The van der Waals surface area contributed by atoms with Crippen LogP contribution in [0.25, 0.3) is 0 Å². The number of rotatable bonds is 4. The average molecular weight is 394 g/mol. The lowest BCUT2D eigenvalue weighted by atomic mass is 9.89. The van der Waals surface area contributed by atoms with Crippen molar-refractivity contribution in [1.82, 2.24) is 24.9 Å². The summed E-state index contributed by atoms with van der Waals surface area (Å²) in [7, 11) is 0. The monoisotopic (exact) mass is 393 g/mol. The molecule has 6 nitrogen and oxygen atoms in total. The van der Waals surface area contributed by atoms with Crippen molar-refractivity contribution in [3.8, 4) is 0 Å². The summed E-state index contributed by atoms with van der Waals surface area (Å²) in [6.07, 6.45) is 1.72. The molecule has 0 aliphatic carbocycles. The van der Waals surface area contributed by atoms with Crippen LogP contribution in [0.15, 0.2) is 36.4 Å². The zero-order chi connectivity index (χ0) is 19.8. The molecule has 0 radical (unpaired) electrons. The number of fused-ring (bicyclic) bond motifs is 2. The second-order valence-corrected chi connectivity index (χ2v) is 8.75. The van der Waals surface area contributed by atoms with Crippen molar-refractivity contribution in [3.05, 3.63) is 53.3 Å². The molecule has 0 spiro atoms. The van der Waals surface area contributed by atoms with E-state index in [1.54, 1.807) is 0 Å². The van der Waals surface area contributed by atoms with Gasteiger partial charge in [-0.15, -0.1) is 0 Å². The largest absolute Gasteiger partial charge is 0.335 e. The van der Waals surface area contributed by atoms with E-state index in [2.05, 4.69) is 56.2 Å². The van der Waals surface area contributed by atoms with Gasteiger partial charge in [-0.05, 0) is 30.5 Å². The first-order valence-corrected chi connectivity index (χ1v) is 11.1. The standard InChI is InChI=1S/C23H31N5O/c1-2-22(29)27-14-18-13-26(16-21(18)23(27)17-7-4-3-5-8-17)15-19-11-20-12-24-9-6-10-28(20)25-19/h3-5,7-8,11,18,21,23-24H,2,6,9-10,12-16H2,1H3/t18-,21-,23+/m0/s1. The van der Waals surface area contributed by atoms with E-state index in [0.717, 1.165) is 52.2 Å². The van der Waals surface area contributed by atoms with Crippen molar-refractivity contribution in [2.24, 2.45) is 11.8 Å². The van der Waals surface area contributed by atoms with Crippen molar-refractivity contribution in [2.75, 3.05) is 26.2 Å². The van der Waals surface area contributed by atoms with E-state index in [1.807, 2.05) is 6.92 Å². The van der Waals surface area contributed by atoms with Crippen LogP contribution in [0.3, 0.4) is 0 Å². The summed E-state index contributed by atoms with van der Waals surface area (Å²) in [5, 5.41) is 8.35. The molecule has 0 bridgehead atoms. The highest BCUT2D eigenvalue weighted by molar-refractivity contribution is 5.77. The van der Waals surface area contributed by atoms with Gasteiger partial charge in [-0.1, -0.05) is 37.3 Å². The summed E-state index contributed by atoms with van der Waals surface area (Å²) >= 11 is 0. The highest BCUT2D eigenvalue weighted by Gasteiger charge is 2.48. The summed E-state index contributed by atoms with van der Waals surface area (Å²) in [6, 6.07) is 13.1. The first-order chi connectivity index (χ1) is 14.2. The normalized spacial score (nSPS) is 26.9. The molecule has 1 N–H and O–H groups in total. The van der Waals surface area contributed by atoms with E-state index in [0.29, 0.717) is 18.3 Å². The minimum absolute atomic E-state index is 0.210. The van der Waals surface area contributed by atoms with Gasteiger partial charge in [-0.25, -0.2) is 0 Å². The molecule has 3 aliphatic rings. The van der Waals surface area contributed by atoms with Crippen molar-refractivity contribution in [1.29, 1.82) is 0 Å². The fraction of sp³-hybridized carbons (Fsp3) is 0.565. The maximum Gasteiger partial charge on any atom is 0.222 e. The minimum Gasteiger partial charge on any atom is -0.335 e. The molecule has 0 unspecified atom stereocenters. The Morgan fingerprint density at radius 1 is 1.21 bits per heavy atom. The van der Waals surface area contributed by atoms with E-state index in [4.69, 9.17) is 5.10 Å². The third-order valence-corrected chi connectivity index (χ3v) is 6.83. The van der Waals surface area contributed by atoms with Crippen LogP contribution in [0.2, 0.25) is 0 Å². The first-order valence-electron chi connectivity index (χ1n) is 11.1. The lowest BCUT2D eigenvalue weighted by molar-refractivity contribution is -0.132. The van der Waals surface area contributed by atoms with Gasteiger partial charge in [0.05, 0.1) is 17.4 Å². The van der Waals surface area contributed by atoms with Crippen LogP contribution in [0.5, 0.6) is 0 Å². The Hall–Kier alpha value is -2.18. The molecule has 6 heteroatoms. The Bertz CT molecular complexity index is 840. The molecule has 1 amide bonds. The van der Waals surface area contributed by atoms with E-state index in [-0.39, 0.29) is 11.9 Å². The Balaban J connectivity index is 1.32. The number of likely N-dealkylation sites (tertiary alicyclic amines) is 2. The number of amides is 1. The van der Waals surface area contributed by atoms with Crippen LogP contribution in [0.4, 0.5) is 0 Å². The summed E-state index contributed by atoms with van der Waals surface area (Å²) in [5.41, 5.74) is 3.77. The molecule has 29 heavy (non-hydrogen) atoms. The highest BCUT2D eigenvalue weighted by atomic mass is 16.2. The first kappa shape index (κ1) is 18.8. The summed E-state index contributed by atoms with van der Waals surface area (Å²) < 4.78 is 2.18. The zero-order valence-corrected chi connectivity index (χ0v) is 17.3. The Kier molecular flexibility index (Phi) is 5.14. The molecule has 2 fully saturated rings. The molecular formula is C23H31N5O. The van der Waals surface area contributed by atoms with Gasteiger partial charge in [0.1, 0.15) is 0 Å². The quantitative estimate of drug-likeness (QED) is 0.867. The average Bonchev–Trinajstić information content (AvgIpc) is 3.36. The number of hydrogen-bond donors (Lipinski definition) is 1. The van der Waals surface area contributed by atoms with Crippen LogP contribution in [-0.2, 0) is 24.4 Å². The number of aromatic nitrogens is 2. The smallest absolute Gasteiger partial charge is 0.222 e. The van der Waals surface area contributed by atoms with Gasteiger partial charge in [-0.3, -0.25) is 14.4 Å². The maximum absolute atomic E-state index is 12.6. The van der Waals surface area contributed by atoms with Crippen LogP contribution in [0.1, 0.15) is 42.8 Å². The molecule has 0 saturated carbocycles. The summed E-state index contributed by atoms with van der Waals surface area (Å²) in [6.45, 7) is 8.87. The Labute approximate surface area is 172 Å². The fourth-order valence-corrected chi connectivity index (χ4v) is 5.53. The van der Waals surface area contributed by atoms with Crippen LogP contribution < -0.4 is 5.32 Å². The number of benzene rings is 1. The zero-order valence-electron chi connectivity index (χ0n) is 17.3. The molecule has 154 valence electrons. The van der Waals surface area contributed by atoms with E-state index < -0.39 is 0 Å². The second-order valence-electron chi connectivity index (χ2n) is 8.75. The summed E-state index contributed by atoms with van der Waals surface area (Å²) in [4.78, 5) is 17.3. The highest BCUT2D eigenvalue weighted by Crippen LogP contribution is 2.45. The maximum atomic E-state index is 12.6. The lowest BCUT2D eigenvalue weighted by Gasteiger charge is -2.29.